The summed E-state index contributed by atoms with van der Waals surface area (Å²) in [6, 6.07) is 0. The molecule has 7 heteroatoms. The SMILES string of the molecule is Cc1nc(COCC(F)(F)F)nc(C)c1CCCN. The van der Waals surface area contributed by atoms with Gasteiger partial charge >= 0.3 is 6.18 Å². The van der Waals surface area contributed by atoms with E-state index < -0.39 is 12.8 Å². The van der Waals surface area contributed by atoms with Crippen LogP contribution in [0.15, 0.2) is 0 Å². The Bertz CT molecular complexity index is 398. The van der Waals surface area contributed by atoms with Gasteiger partial charge in [-0.3, -0.25) is 0 Å². The summed E-state index contributed by atoms with van der Waals surface area (Å²) in [5, 5.41) is 0. The molecule has 4 nitrogen and oxygen atoms in total. The highest BCUT2D eigenvalue weighted by Crippen LogP contribution is 2.16. The third-order valence-electron chi connectivity index (χ3n) is 2.59. The normalized spacial score (nSPS) is 11.9. The molecule has 108 valence electrons. The molecule has 0 aliphatic heterocycles. The van der Waals surface area contributed by atoms with Crippen LogP contribution in [0.5, 0.6) is 0 Å². The first-order valence-corrected chi connectivity index (χ1v) is 6.01. The zero-order chi connectivity index (χ0) is 14.5. The third kappa shape index (κ3) is 5.52. The van der Waals surface area contributed by atoms with Crippen molar-refractivity contribution in [3.8, 4) is 0 Å². The van der Waals surface area contributed by atoms with Crippen molar-refractivity contribution in [1.82, 2.24) is 9.97 Å². The summed E-state index contributed by atoms with van der Waals surface area (Å²) in [6.07, 6.45) is -2.72. The molecule has 0 amide bonds. The van der Waals surface area contributed by atoms with Crippen LogP contribution in [0, 0.1) is 13.8 Å². The van der Waals surface area contributed by atoms with Gasteiger partial charge in [0.15, 0.2) is 5.82 Å². The predicted molar refractivity (Wildman–Crippen MR) is 64.6 cm³/mol. The average Bonchev–Trinajstić information content (AvgIpc) is 2.26. The van der Waals surface area contributed by atoms with E-state index in [0.29, 0.717) is 6.54 Å². The molecule has 19 heavy (non-hydrogen) atoms. The highest BCUT2D eigenvalue weighted by atomic mass is 19.4. The molecule has 1 aromatic heterocycles. The Labute approximate surface area is 110 Å². The van der Waals surface area contributed by atoms with Crippen molar-refractivity contribution >= 4 is 0 Å². The van der Waals surface area contributed by atoms with Gasteiger partial charge in [-0.1, -0.05) is 0 Å². The number of hydrogen-bond acceptors (Lipinski definition) is 4. The number of ether oxygens (including phenoxy) is 1. The van der Waals surface area contributed by atoms with Gasteiger partial charge < -0.3 is 10.5 Å². The minimum Gasteiger partial charge on any atom is -0.364 e. The Morgan fingerprint density at radius 2 is 1.74 bits per heavy atom. The fourth-order valence-electron chi connectivity index (χ4n) is 1.77. The minimum atomic E-state index is -4.33. The third-order valence-corrected chi connectivity index (χ3v) is 2.59. The number of nitrogens with zero attached hydrogens (tertiary/aromatic N) is 2. The molecule has 0 saturated carbocycles. The Hall–Kier alpha value is -1.21. The highest BCUT2D eigenvalue weighted by Gasteiger charge is 2.27. The second kappa shape index (κ2) is 6.81. The van der Waals surface area contributed by atoms with E-state index in [1.807, 2.05) is 13.8 Å². The van der Waals surface area contributed by atoms with Crippen LogP contribution in [-0.4, -0.2) is 29.3 Å². The molecule has 0 radical (unpaired) electrons. The molecule has 0 bridgehead atoms. The number of hydrogen-bond donors (Lipinski definition) is 1. The summed E-state index contributed by atoms with van der Waals surface area (Å²) in [5.41, 5.74) is 7.99. The Morgan fingerprint density at radius 3 is 2.21 bits per heavy atom. The molecule has 1 aromatic rings. The highest BCUT2D eigenvalue weighted by molar-refractivity contribution is 5.24. The van der Waals surface area contributed by atoms with Crippen molar-refractivity contribution in [1.29, 1.82) is 0 Å². The van der Waals surface area contributed by atoms with Crippen LogP contribution in [-0.2, 0) is 17.8 Å². The summed E-state index contributed by atoms with van der Waals surface area (Å²) < 4.78 is 40.4. The molecule has 0 unspecified atom stereocenters. The summed E-state index contributed by atoms with van der Waals surface area (Å²) >= 11 is 0. The van der Waals surface area contributed by atoms with Gasteiger partial charge in [-0.25, -0.2) is 9.97 Å². The second-order valence-corrected chi connectivity index (χ2v) is 4.29. The molecule has 2 N–H and O–H groups in total. The zero-order valence-electron chi connectivity index (χ0n) is 11.0. The Morgan fingerprint density at radius 1 is 1.16 bits per heavy atom. The van der Waals surface area contributed by atoms with E-state index in [9.17, 15) is 13.2 Å². The van der Waals surface area contributed by atoms with Crippen molar-refractivity contribution in [3.63, 3.8) is 0 Å². The molecular weight excluding hydrogens is 259 g/mol. The first kappa shape index (κ1) is 15.8. The van der Waals surface area contributed by atoms with Crippen molar-refractivity contribution in [2.24, 2.45) is 5.73 Å². The zero-order valence-corrected chi connectivity index (χ0v) is 11.0. The number of halogens is 3. The van der Waals surface area contributed by atoms with E-state index in [-0.39, 0.29) is 12.4 Å². The summed E-state index contributed by atoms with van der Waals surface area (Å²) in [5.74, 6) is 0.274. The van der Waals surface area contributed by atoms with E-state index in [0.717, 1.165) is 29.8 Å². The van der Waals surface area contributed by atoms with Gasteiger partial charge in [0.25, 0.3) is 0 Å². The lowest BCUT2D eigenvalue weighted by molar-refractivity contribution is -0.177. The van der Waals surface area contributed by atoms with Crippen molar-refractivity contribution in [3.05, 3.63) is 22.8 Å². The van der Waals surface area contributed by atoms with Gasteiger partial charge in [-0.05, 0) is 38.8 Å². The van der Waals surface area contributed by atoms with Crippen LogP contribution >= 0.6 is 0 Å². The van der Waals surface area contributed by atoms with Gasteiger partial charge in [0.1, 0.15) is 13.2 Å². The van der Waals surface area contributed by atoms with Crippen LogP contribution < -0.4 is 5.73 Å². The molecule has 0 aliphatic rings. The molecule has 0 fully saturated rings. The predicted octanol–water partition coefficient (Wildman–Crippen LogP) is 2.06. The first-order chi connectivity index (χ1) is 8.83. The lowest BCUT2D eigenvalue weighted by atomic mass is 10.1. The largest absolute Gasteiger partial charge is 0.411 e. The lowest BCUT2D eigenvalue weighted by Gasteiger charge is -2.11. The molecule has 0 atom stereocenters. The summed E-state index contributed by atoms with van der Waals surface area (Å²) in [7, 11) is 0. The smallest absolute Gasteiger partial charge is 0.364 e. The minimum absolute atomic E-state index is 0.238. The fraction of sp³-hybridized carbons (Fsp3) is 0.667. The number of aromatic nitrogens is 2. The van der Waals surface area contributed by atoms with Gasteiger partial charge in [-0.2, -0.15) is 13.2 Å². The molecule has 0 spiro atoms. The quantitative estimate of drug-likeness (QED) is 0.864. The molecule has 1 heterocycles. The van der Waals surface area contributed by atoms with Gasteiger partial charge in [0.05, 0.1) is 0 Å². The second-order valence-electron chi connectivity index (χ2n) is 4.29. The maximum atomic E-state index is 11.9. The number of nitrogens with two attached hydrogens (primary N) is 1. The van der Waals surface area contributed by atoms with E-state index in [1.54, 1.807) is 0 Å². The van der Waals surface area contributed by atoms with E-state index in [4.69, 9.17) is 5.73 Å². The van der Waals surface area contributed by atoms with Gasteiger partial charge in [0.2, 0.25) is 0 Å². The van der Waals surface area contributed by atoms with Crippen LogP contribution in [0.25, 0.3) is 0 Å². The van der Waals surface area contributed by atoms with Crippen molar-refractivity contribution in [2.75, 3.05) is 13.2 Å². The molecule has 0 saturated heterocycles. The summed E-state index contributed by atoms with van der Waals surface area (Å²) in [4.78, 5) is 8.32. The van der Waals surface area contributed by atoms with E-state index in [1.165, 1.54) is 0 Å². The Balaban J connectivity index is 2.67. The number of rotatable bonds is 6. The van der Waals surface area contributed by atoms with Crippen LogP contribution in [0.2, 0.25) is 0 Å². The van der Waals surface area contributed by atoms with Crippen LogP contribution in [0.3, 0.4) is 0 Å². The average molecular weight is 277 g/mol. The standard InChI is InChI=1S/C12H18F3N3O/c1-8-10(4-3-5-16)9(2)18-11(17-8)6-19-7-12(13,14)15/h3-7,16H2,1-2H3. The van der Waals surface area contributed by atoms with Crippen LogP contribution in [0.4, 0.5) is 13.2 Å². The Kier molecular flexibility index (Phi) is 5.68. The van der Waals surface area contributed by atoms with Crippen molar-refractivity contribution in [2.45, 2.75) is 39.5 Å². The number of aryl methyl sites for hydroxylation is 2. The molecular formula is C12H18F3N3O. The first-order valence-electron chi connectivity index (χ1n) is 6.01. The summed E-state index contributed by atoms with van der Waals surface area (Å²) in [6.45, 7) is 2.68. The maximum Gasteiger partial charge on any atom is 0.411 e. The molecule has 0 aliphatic carbocycles. The van der Waals surface area contributed by atoms with Crippen molar-refractivity contribution < 1.29 is 17.9 Å². The van der Waals surface area contributed by atoms with E-state index in [2.05, 4.69) is 14.7 Å². The molecule has 1 rings (SSSR count). The number of alkyl halides is 3. The molecule has 0 aromatic carbocycles. The van der Waals surface area contributed by atoms with Gasteiger partial charge in [0, 0.05) is 11.4 Å². The lowest BCUT2D eigenvalue weighted by Crippen LogP contribution is -2.17. The van der Waals surface area contributed by atoms with Gasteiger partial charge in [-0.15, -0.1) is 0 Å². The fourth-order valence-corrected chi connectivity index (χ4v) is 1.77. The van der Waals surface area contributed by atoms with E-state index >= 15 is 0 Å². The maximum absolute atomic E-state index is 11.9. The monoisotopic (exact) mass is 277 g/mol. The topological polar surface area (TPSA) is 61.0 Å². The van der Waals surface area contributed by atoms with Crippen LogP contribution in [0.1, 0.15) is 29.2 Å².